The summed E-state index contributed by atoms with van der Waals surface area (Å²) in [5.41, 5.74) is 1.62. The predicted molar refractivity (Wildman–Crippen MR) is 126 cm³/mol. The van der Waals surface area contributed by atoms with Crippen LogP contribution >= 0.6 is 0 Å². The van der Waals surface area contributed by atoms with Gasteiger partial charge in [-0.2, -0.15) is 4.31 Å². The molecule has 8 nitrogen and oxygen atoms in total. The van der Waals surface area contributed by atoms with Crippen molar-refractivity contribution in [2.75, 3.05) is 29.9 Å². The number of aryl methyl sites for hydroxylation is 1. The molecule has 0 aromatic heterocycles. The van der Waals surface area contributed by atoms with E-state index in [0.29, 0.717) is 35.8 Å². The number of ether oxygens (including phenoxy) is 1. The highest BCUT2D eigenvalue weighted by atomic mass is 32.2. The molecular formula is C24H29N3O5S. The van der Waals surface area contributed by atoms with Gasteiger partial charge in [-0.15, -0.1) is 0 Å². The molecule has 0 saturated carbocycles. The Balaban J connectivity index is 1.55. The molecule has 0 aliphatic carbocycles. The van der Waals surface area contributed by atoms with E-state index in [1.54, 1.807) is 47.6 Å². The number of nitrogens with one attached hydrogen (secondary N) is 1. The van der Waals surface area contributed by atoms with Gasteiger partial charge >= 0.3 is 0 Å². The molecule has 33 heavy (non-hydrogen) atoms. The Morgan fingerprint density at radius 2 is 1.73 bits per heavy atom. The van der Waals surface area contributed by atoms with Crippen LogP contribution in [0.4, 0.5) is 11.4 Å². The first-order valence-corrected chi connectivity index (χ1v) is 12.7. The van der Waals surface area contributed by atoms with E-state index in [0.717, 1.165) is 25.7 Å². The molecule has 2 aliphatic heterocycles. The first kappa shape index (κ1) is 23.3. The highest BCUT2D eigenvalue weighted by Gasteiger charge is 2.33. The molecule has 2 aromatic carbocycles. The van der Waals surface area contributed by atoms with Crippen LogP contribution in [0, 0.1) is 6.92 Å². The molecule has 0 bridgehead atoms. The first-order valence-electron chi connectivity index (χ1n) is 11.2. The smallest absolute Gasteiger partial charge is 0.267 e. The average molecular weight is 472 g/mol. The number of sulfonamides is 1. The lowest BCUT2D eigenvalue weighted by Crippen LogP contribution is -2.48. The van der Waals surface area contributed by atoms with Gasteiger partial charge in [0.25, 0.3) is 5.91 Å². The van der Waals surface area contributed by atoms with Crippen molar-refractivity contribution in [2.45, 2.75) is 50.5 Å². The second kappa shape index (κ2) is 9.52. The van der Waals surface area contributed by atoms with E-state index in [1.165, 1.54) is 17.9 Å². The zero-order valence-corrected chi connectivity index (χ0v) is 19.7. The fourth-order valence-corrected chi connectivity index (χ4v) is 6.04. The highest BCUT2D eigenvalue weighted by molar-refractivity contribution is 7.89. The molecule has 2 heterocycles. The third-order valence-corrected chi connectivity index (χ3v) is 8.13. The topological polar surface area (TPSA) is 96.0 Å². The first-order chi connectivity index (χ1) is 15.8. The summed E-state index contributed by atoms with van der Waals surface area (Å²) in [6.45, 7) is 4.28. The van der Waals surface area contributed by atoms with E-state index >= 15 is 0 Å². The number of carbonyl (C=O) groups is 2. The van der Waals surface area contributed by atoms with E-state index < -0.39 is 22.0 Å². The largest absolute Gasteiger partial charge is 0.476 e. The number of rotatable bonds is 4. The predicted octanol–water partition coefficient (Wildman–Crippen LogP) is 3.31. The van der Waals surface area contributed by atoms with Crippen molar-refractivity contribution in [3.63, 3.8) is 0 Å². The molecule has 1 saturated heterocycles. The molecule has 2 aliphatic rings. The van der Waals surface area contributed by atoms with Gasteiger partial charge in [0.15, 0.2) is 6.10 Å². The summed E-state index contributed by atoms with van der Waals surface area (Å²) >= 11 is 0. The molecule has 0 radical (unpaired) electrons. The zero-order valence-electron chi connectivity index (χ0n) is 18.9. The third kappa shape index (κ3) is 4.89. The van der Waals surface area contributed by atoms with Crippen molar-refractivity contribution in [1.29, 1.82) is 0 Å². The van der Waals surface area contributed by atoms with Crippen molar-refractivity contribution in [3.05, 3.63) is 48.0 Å². The number of amides is 2. The summed E-state index contributed by atoms with van der Waals surface area (Å²) in [5.74, 6) is -0.185. The van der Waals surface area contributed by atoms with Crippen molar-refractivity contribution in [2.24, 2.45) is 0 Å². The number of nitrogens with zero attached hydrogens (tertiary/aromatic N) is 2. The quantitative estimate of drug-likeness (QED) is 0.738. The number of benzene rings is 2. The fraction of sp³-hybridized carbons (Fsp3) is 0.417. The number of para-hydroxylation sites is 2. The van der Waals surface area contributed by atoms with Gasteiger partial charge in [0.2, 0.25) is 15.9 Å². The molecular weight excluding hydrogens is 442 g/mol. The van der Waals surface area contributed by atoms with Crippen LogP contribution in [-0.2, 0) is 19.6 Å². The fourth-order valence-electron chi connectivity index (χ4n) is 4.27. The average Bonchev–Trinajstić information content (AvgIpc) is 3.09. The lowest BCUT2D eigenvalue weighted by atomic mass is 10.1. The van der Waals surface area contributed by atoms with E-state index in [-0.39, 0.29) is 17.3 Å². The Morgan fingerprint density at radius 3 is 2.42 bits per heavy atom. The molecule has 4 rings (SSSR count). The van der Waals surface area contributed by atoms with Gasteiger partial charge in [0, 0.05) is 25.7 Å². The summed E-state index contributed by atoms with van der Waals surface area (Å²) in [7, 11) is -3.66. The minimum Gasteiger partial charge on any atom is -0.476 e. The van der Waals surface area contributed by atoms with Gasteiger partial charge in [0.05, 0.1) is 17.1 Å². The molecule has 1 unspecified atom stereocenters. The Kier molecular flexibility index (Phi) is 6.71. The Hall–Kier alpha value is -2.91. The number of fused-ring (bicyclic) bond motifs is 1. The van der Waals surface area contributed by atoms with Crippen LogP contribution in [0.15, 0.2) is 47.4 Å². The maximum absolute atomic E-state index is 13.3. The second-order valence-electron chi connectivity index (χ2n) is 8.49. The van der Waals surface area contributed by atoms with Crippen LogP contribution in [0.3, 0.4) is 0 Å². The van der Waals surface area contributed by atoms with Crippen molar-refractivity contribution >= 4 is 33.2 Å². The number of anilines is 2. The van der Waals surface area contributed by atoms with E-state index in [2.05, 4.69) is 5.32 Å². The summed E-state index contributed by atoms with van der Waals surface area (Å²) in [6, 6.07) is 11.9. The molecule has 2 aromatic rings. The third-order valence-electron chi connectivity index (χ3n) is 6.08. The maximum Gasteiger partial charge on any atom is 0.267 e. The van der Waals surface area contributed by atoms with E-state index in [1.807, 2.05) is 0 Å². The summed E-state index contributed by atoms with van der Waals surface area (Å²) in [5, 5.41) is 2.77. The normalized spacial score (nSPS) is 19.2. The molecule has 0 spiro atoms. The lowest BCUT2D eigenvalue weighted by molar-refractivity contribution is -0.123. The molecule has 1 fully saturated rings. The van der Waals surface area contributed by atoms with Gasteiger partial charge in [0.1, 0.15) is 5.75 Å². The summed E-state index contributed by atoms with van der Waals surface area (Å²) < 4.78 is 34.0. The lowest BCUT2D eigenvalue weighted by Gasteiger charge is -2.33. The van der Waals surface area contributed by atoms with Gasteiger partial charge in [-0.3, -0.25) is 9.59 Å². The van der Waals surface area contributed by atoms with Gasteiger partial charge < -0.3 is 15.0 Å². The molecule has 2 amide bonds. The van der Waals surface area contributed by atoms with Crippen molar-refractivity contribution in [3.8, 4) is 5.75 Å². The SMILES string of the molecule is CC(=O)N1CC(C(=O)Nc2ccc(C)c(S(=O)(=O)N3CCCCCC3)c2)Oc2ccccc21. The van der Waals surface area contributed by atoms with Crippen LogP contribution < -0.4 is 15.0 Å². The van der Waals surface area contributed by atoms with Crippen LogP contribution in [0.1, 0.15) is 38.2 Å². The van der Waals surface area contributed by atoms with Crippen molar-refractivity contribution in [1.82, 2.24) is 4.31 Å². The van der Waals surface area contributed by atoms with Crippen LogP contribution in [0.25, 0.3) is 0 Å². The van der Waals surface area contributed by atoms with Crippen molar-refractivity contribution < 1.29 is 22.7 Å². The van der Waals surface area contributed by atoms with E-state index in [9.17, 15) is 18.0 Å². The minimum atomic E-state index is -3.66. The minimum absolute atomic E-state index is 0.0724. The maximum atomic E-state index is 13.3. The van der Waals surface area contributed by atoms with E-state index in [4.69, 9.17) is 4.74 Å². The molecule has 9 heteroatoms. The Bertz CT molecular complexity index is 1160. The Labute approximate surface area is 194 Å². The van der Waals surface area contributed by atoms with Crippen LogP contribution in [0.5, 0.6) is 5.75 Å². The number of hydrogen-bond acceptors (Lipinski definition) is 5. The summed E-state index contributed by atoms with van der Waals surface area (Å²) in [4.78, 5) is 26.8. The molecule has 1 atom stereocenters. The standard InChI is InChI=1S/C24H29N3O5S/c1-17-11-12-19(15-23(17)33(30,31)26-13-7-3-4-8-14-26)25-24(29)22-16-27(18(2)28)20-9-5-6-10-21(20)32-22/h5-6,9-12,15,22H,3-4,7-8,13-14,16H2,1-2H3,(H,25,29). The Morgan fingerprint density at radius 1 is 1.03 bits per heavy atom. The summed E-state index contributed by atoms with van der Waals surface area (Å²) in [6.07, 6.45) is 2.84. The monoisotopic (exact) mass is 471 g/mol. The number of hydrogen-bond donors (Lipinski definition) is 1. The van der Waals surface area contributed by atoms with Gasteiger partial charge in [-0.05, 0) is 49.6 Å². The highest BCUT2D eigenvalue weighted by Crippen LogP contribution is 2.33. The van der Waals surface area contributed by atoms with Crippen LogP contribution in [0.2, 0.25) is 0 Å². The zero-order chi connectivity index (χ0) is 23.6. The van der Waals surface area contributed by atoms with Gasteiger partial charge in [-0.1, -0.05) is 31.0 Å². The van der Waals surface area contributed by atoms with Gasteiger partial charge in [-0.25, -0.2) is 8.42 Å². The number of carbonyl (C=O) groups excluding carboxylic acids is 2. The van der Waals surface area contributed by atoms with Crippen LogP contribution in [-0.4, -0.2) is 50.3 Å². The molecule has 176 valence electrons. The molecule has 1 N–H and O–H groups in total. The second-order valence-corrected chi connectivity index (χ2v) is 10.4.